The maximum atomic E-state index is 11.6. The van der Waals surface area contributed by atoms with Crippen LogP contribution in [-0.4, -0.2) is 28.4 Å². The van der Waals surface area contributed by atoms with Gasteiger partial charge in [0.15, 0.2) is 0 Å². The summed E-state index contributed by atoms with van der Waals surface area (Å²) in [4.78, 5) is 10.2. The van der Waals surface area contributed by atoms with Crippen molar-refractivity contribution in [3.05, 3.63) is 0 Å². The van der Waals surface area contributed by atoms with Crippen molar-refractivity contribution < 1.29 is 38.7 Å². The molecule has 0 aromatic carbocycles. The molecule has 0 atom stereocenters. The van der Waals surface area contributed by atoms with Gasteiger partial charge in [0.1, 0.15) is 0 Å². The first-order valence-electron chi connectivity index (χ1n) is 2.70. The molecule has 0 saturated carbocycles. The van der Waals surface area contributed by atoms with Gasteiger partial charge in [0.05, 0.1) is 0 Å². The summed E-state index contributed by atoms with van der Waals surface area (Å²) < 4.78 is 86.4. The number of urea groups is 1. The number of amides is 2. The second-order valence-corrected chi connectivity index (χ2v) is 4.67. The minimum absolute atomic E-state index is 0.231. The largest absolute Gasteiger partial charge is 0.516 e. The quantitative estimate of drug-likeness (QED) is 0.513. The van der Waals surface area contributed by atoms with Gasteiger partial charge >= 0.3 is 32.0 Å². The van der Waals surface area contributed by atoms with Crippen molar-refractivity contribution >= 4 is 26.5 Å². The van der Waals surface area contributed by atoms with Gasteiger partial charge in [-0.05, 0) is 0 Å². The molecule has 0 radical (unpaired) electrons. The smallest absolute Gasteiger partial charge is 0.247 e. The van der Waals surface area contributed by atoms with Gasteiger partial charge in [-0.2, -0.15) is 30.0 Å². The monoisotopic (exact) mass is 274 g/mol. The maximum absolute atomic E-state index is 11.6. The summed E-state index contributed by atoms with van der Waals surface area (Å²) in [6, 6.07) is -2.38. The van der Waals surface area contributed by atoms with Crippen LogP contribution in [0.2, 0.25) is 0 Å². The van der Waals surface area contributed by atoms with E-state index in [1.807, 2.05) is 0 Å². The predicted molar refractivity (Wildman–Crippen MR) is 36.7 cm³/mol. The highest BCUT2D eigenvalue weighted by atomic mass is 32.3. The fraction of sp³-hybridized carbons (Fsp3) is 0.500. The molecule has 0 aliphatic rings. The van der Waals surface area contributed by atoms with E-state index in [2.05, 4.69) is 0 Å². The molecule has 2 N–H and O–H groups in total. The summed E-state index contributed by atoms with van der Waals surface area (Å²) in [5.74, 6) is 0. The number of halogens is 4. The number of carbonyl (C=O) groups is 1. The predicted octanol–water partition coefficient (Wildman–Crippen LogP) is -0.651. The lowest BCUT2D eigenvalue weighted by molar-refractivity contribution is -0.0444. The van der Waals surface area contributed by atoms with Gasteiger partial charge in [-0.3, -0.25) is 0 Å². The summed E-state index contributed by atoms with van der Waals surface area (Å²) in [7, 11) is -11.7. The zero-order chi connectivity index (χ0) is 12.5. The van der Waals surface area contributed by atoms with Gasteiger partial charge in [-0.25, -0.2) is 14.2 Å². The topological polar surface area (TPSA) is 109 Å². The van der Waals surface area contributed by atoms with E-state index in [1.54, 1.807) is 0 Å². The van der Waals surface area contributed by atoms with Crippen molar-refractivity contribution in [2.24, 2.45) is 0 Å². The van der Waals surface area contributed by atoms with Crippen molar-refractivity contribution in [3.8, 4) is 0 Å². The van der Waals surface area contributed by atoms with Gasteiger partial charge in [0, 0.05) is 0 Å². The van der Waals surface area contributed by atoms with Gasteiger partial charge in [-0.1, -0.05) is 3.89 Å². The summed E-state index contributed by atoms with van der Waals surface area (Å²) in [6.45, 7) is 0. The first-order valence-corrected chi connectivity index (χ1v) is 5.57. The van der Waals surface area contributed by atoms with Crippen LogP contribution in [0.25, 0.3) is 0 Å². The van der Waals surface area contributed by atoms with Crippen LogP contribution in [0.1, 0.15) is 0 Å². The average Bonchev–Trinajstić information content (AvgIpc) is 1.75. The molecule has 0 heterocycles. The van der Waals surface area contributed by atoms with E-state index in [0.717, 1.165) is 0 Å². The molecule has 0 fully saturated rings. The average molecular weight is 274 g/mol. The highest BCUT2D eigenvalue weighted by molar-refractivity contribution is 7.91. The number of sulfonamides is 1. The van der Waals surface area contributed by atoms with E-state index in [0.29, 0.717) is 4.72 Å². The zero-order valence-corrected chi connectivity index (χ0v) is 8.00. The number of alkyl halides is 3. The Morgan fingerprint density at radius 2 is 1.40 bits per heavy atom. The lowest BCUT2D eigenvalue weighted by atomic mass is 11.2. The molecule has 90 valence electrons. The highest BCUT2D eigenvalue weighted by Crippen LogP contribution is 2.21. The molecule has 0 aromatic heterocycles. The summed E-state index contributed by atoms with van der Waals surface area (Å²) in [5, 5.41) is 0. The molecule has 0 spiro atoms. The Balaban J connectivity index is 4.73. The molecule has 13 heteroatoms. The Kier molecular flexibility index (Phi) is 3.52. The minimum atomic E-state index is -6.06. The van der Waals surface area contributed by atoms with Gasteiger partial charge in [0.25, 0.3) is 0 Å². The van der Waals surface area contributed by atoms with E-state index in [9.17, 15) is 38.7 Å². The molecule has 0 unspecified atom stereocenters. The van der Waals surface area contributed by atoms with Crippen LogP contribution in [0.4, 0.5) is 21.9 Å². The Morgan fingerprint density at radius 3 is 1.67 bits per heavy atom. The van der Waals surface area contributed by atoms with Crippen molar-refractivity contribution in [1.82, 2.24) is 9.44 Å². The molecule has 2 amide bonds. The summed E-state index contributed by atoms with van der Waals surface area (Å²) in [5.41, 5.74) is -5.82. The highest BCUT2D eigenvalue weighted by Gasteiger charge is 2.47. The molecule has 7 nitrogen and oxygen atoms in total. The Hall–Kier alpha value is -1.11. The molecule has 0 aliphatic carbocycles. The number of rotatable bonds is 2. The molecule has 0 saturated heterocycles. The molecular formula is C2H2F4N2O5S2. The van der Waals surface area contributed by atoms with E-state index >= 15 is 0 Å². The van der Waals surface area contributed by atoms with Gasteiger partial charge in [0.2, 0.25) is 0 Å². The van der Waals surface area contributed by atoms with Crippen molar-refractivity contribution in [2.45, 2.75) is 5.51 Å². The molecule has 0 rings (SSSR count). The number of hydrogen-bond donors (Lipinski definition) is 2. The molecule has 15 heavy (non-hydrogen) atoms. The second-order valence-electron chi connectivity index (χ2n) is 1.92. The van der Waals surface area contributed by atoms with Crippen LogP contribution in [-0.2, 0) is 20.4 Å². The standard InChI is InChI=1S/C2H2F4N2O5S2/c3-2(4,5)14(10,11)7-1(9)8-15(6,12)13/h(H2,7,8,9). The van der Waals surface area contributed by atoms with Crippen LogP contribution < -0.4 is 9.44 Å². The molecular weight excluding hydrogens is 272 g/mol. The Labute approximate surface area is 80.8 Å². The number of carbonyl (C=O) groups excluding carboxylic acids is 1. The Bertz CT molecular complexity index is 448. The summed E-state index contributed by atoms with van der Waals surface area (Å²) >= 11 is 0. The Morgan fingerprint density at radius 1 is 1.00 bits per heavy atom. The van der Waals surface area contributed by atoms with Crippen LogP contribution in [0.15, 0.2) is 0 Å². The SMILES string of the molecule is O=C(NS(=O)(=O)F)NS(=O)(=O)C(F)(F)F. The third kappa shape index (κ3) is 4.78. The fourth-order valence-electron chi connectivity index (χ4n) is 0.311. The van der Waals surface area contributed by atoms with E-state index in [4.69, 9.17) is 0 Å². The van der Waals surface area contributed by atoms with Crippen molar-refractivity contribution in [3.63, 3.8) is 0 Å². The van der Waals surface area contributed by atoms with Crippen molar-refractivity contribution in [2.75, 3.05) is 0 Å². The van der Waals surface area contributed by atoms with Crippen LogP contribution in [0, 0.1) is 0 Å². The first kappa shape index (κ1) is 13.9. The summed E-state index contributed by atoms with van der Waals surface area (Å²) in [6.07, 6.45) is 0. The van der Waals surface area contributed by atoms with E-state index in [1.165, 1.54) is 0 Å². The number of hydrogen-bond acceptors (Lipinski definition) is 5. The van der Waals surface area contributed by atoms with E-state index < -0.39 is 32.0 Å². The lowest BCUT2D eigenvalue weighted by Gasteiger charge is -2.08. The van der Waals surface area contributed by atoms with Crippen LogP contribution in [0.5, 0.6) is 0 Å². The fourth-order valence-corrected chi connectivity index (χ4v) is 1.06. The molecule has 0 bridgehead atoms. The van der Waals surface area contributed by atoms with E-state index in [-0.39, 0.29) is 4.72 Å². The first-order chi connectivity index (χ1) is 6.35. The molecule has 0 aliphatic heterocycles. The van der Waals surface area contributed by atoms with Crippen LogP contribution in [0.3, 0.4) is 0 Å². The third-order valence-corrected chi connectivity index (χ3v) is 2.24. The van der Waals surface area contributed by atoms with Gasteiger partial charge in [-0.15, -0.1) is 0 Å². The maximum Gasteiger partial charge on any atom is 0.516 e. The zero-order valence-electron chi connectivity index (χ0n) is 6.37. The van der Waals surface area contributed by atoms with Crippen LogP contribution >= 0.6 is 0 Å². The third-order valence-electron chi connectivity index (χ3n) is 0.746. The number of nitrogens with one attached hydrogen (secondary N) is 2. The normalized spacial score (nSPS) is 13.3. The lowest BCUT2D eigenvalue weighted by Crippen LogP contribution is -2.46. The minimum Gasteiger partial charge on any atom is -0.247 e. The van der Waals surface area contributed by atoms with Crippen molar-refractivity contribution in [1.29, 1.82) is 0 Å². The van der Waals surface area contributed by atoms with Gasteiger partial charge < -0.3 is 0 Å². The second kappa shape index (κ2) is 3.80. The molecule has 0 aromatic rings.